The molecule has 0 radical (unpaired) electrons. The minimum atomic E-state index is -0.511. The lowest BCUT2D eigenvalue weighted by Gasteiger charge is -2.19. The van der Waals surface area contributed by atoms with Gasteiger partial charge in [0.15, 0.2) is 0 Å². The highest BCUT2D eigenvalue weighted by Gasteiger charge is 2.48. The maximum absolute atomic E-state index is 11.8. The molecule has 3 atom stereocenters. The van der Waals surface area contributed by atoms with Crippen molar-refractivity contribution in [2.75, 3.05) is 13.2 Å². The van der Waals surface area contributed by atoms with Gasteiger partial charge >= 0.3 is 5.97 Å². The van der Waals surface area contributed by atoms with Gasteiger partial charge in [0.2, 0.25) is 0 Å². The summed E-state index contributed by atoms with van der Waals surface area (Å²) in [7, 11) is 0. The molecule has 0 aliphatic carbocycles. The van der Waals surface area contributed by atoms with E-state index in [0.29, 0.717) is 13.2 Å². The molecular weight excluding hydrogens is 282 g/mol. The van der Waals surface area contributed by atoms with Crippen LogP contribution in [-0.4, -0.2) is 48.0 Å². The van der Waals surface area contributed by atoms with E-state index in [1.54, 1.807) is 4.90 Å². The summed E-state index contributed by atoms with van der Waals surface area (Å²) in [5.41, 5.74) is 0.577. The average Bonchev–Trinajstić information content (AvgIpc) is 3.09. The fourth-order valence-corrected chi connectivity index (χ4v) is 2.33. The van der Waals surface area contributed by atoms with Gasteiger partial charge in [-0.3, -0.25) is 9.69 Å². The molecule has 22 heavy (non-hydrogen) atoms. The molecule has 0 aromatic heterocycles. The predicted molar refractivity (Wildman–Crippen MR) is 82.3 cm³/mol. The van der Waals surface area contributed by atoms with Gasteiger partial charge < -0.3 is 14.3 Å². The van der Waals surface area contributed by atoms with Crippen LogP contribution in [-0.2, 0) is 25.7 Å². The third-order valence-electron chi connectivity index (χ3n) is 3.38. The molecule has 0 N–H and O–H groups in total. The molecule has 1 aliphatic rings. The number of nitrogens with zero attached hydrogens (tertiary/aromatic N) is 1. The van der Waals surface area contributed by atoms with E-state index < -0.39 is 5.60 Å². The van der Waals surface area contributed by atoms with Crippen molar-refractivity contribution in [3.8, 4) is 0 Å². The zero-order valence-electron chi connectivity index (χ0n) is 13.3. The molecule has 5 nitrogen and oxygen atoms in total. The van der Waals surface area contributed by atoms with Gasteiger partial charge in [-0.25, -0.2) is 0 Å². The lowest BCUT2D eigenvalue weighted by molar-refractivity contribution is -0.155. The van der Waals surface area contributed by atoms with E-state index in [2.05, 4.69) is 0 Å². The molecule has 5 heteroatoms. The SMILES string of the molecule is CC(C)(C)OC(=O)CN1[C@H](COCc2ccccc2)[C@@H]1C=O. The predicted octanol–water partition coefficient (Wildman–Crippen LogP) is 1.80. The first-order chi connectivity index (χ1) is 10.4. The summed E-state index contributed by atoms with van der Waals surface area (Å²) >= 11 is 0. The van der Waals surface area contributed by atoms with Gasteiger partial charge in [0.25, 0.3) is 0 Å². The highest BCUT2D eigenvalue weighted by molar-refractivity contribution is 5.75. The van der Waals surface area contributed by atoms with Crippen LogP contribution >= 0.6 is 0 Å². The summed E-state index contributed by atoms with van der Waals surface area (Å²) in [6, 6.07) is 9.56. The fourth-order valence-electron chi connectivity index (χ4n) is 2.33. The number of hydrogen-bond donors (Lipinski definition) is 0. The summed E-state index contributed by atoms with van der Waals surface area (Å²) in [6.07, 6.45) is 0.862. The Bertz CT molecular complexity index is 509. The summed E-state index contributed by atoms with van der Waals surface area (Å²) in [4.78, 5) is 24.6. The average molecular weight is 305 g/mol. The van der Waals surface area contributed by atoms with Crippen LogP contribution in [0.25, 0.3) is 0 Å². The van der Waals surface area contributed by atoms with E-state index in [9.17, 15) is 9.59 Å². The molecule has 1 heterocycles. The molecule has 120 valence electrons. The molecule has 0 saturated carbocycles. The first kappa shape index (κ1) is 16.6. The molecule has 1 aliphatic heterocycles. The molecule has 1 saturated heterocycles. The van der Waals surface area contributed by atoms with E-state index in [1.165, 1.54) is 0 Å². The molecule has 0 spiro atoms. The number of carbonyl (C=O) groups excluding carboxylic acids is 2. The second kappa shape index (κ2) is 7.03. The zero-order valence-corrected chi connectivity index (χ0v) is 13.3. The van der Waals surface area contributed by atoms with Crippen molar-refractivity contribution in [2.24, 2.45) is 0 Å². The second-order valence-electron chi connectivity index (χ2n) is 6.45. The van der Waals surface area contributed by atoms with Crippen LogP contribution in [0, 0.1) is 0 Å². The topological polar surface area (TPSA) is 55.6 Å². The van der Waals surface area contributed by atoms with Gasteiger partial charge in [-0.1, -0.05) is 30.3 Å². The van der Waals surface area contributed by atoms with Crippen LogP contribution < -0.4 is 0 Å². The van der Waals surface area contributed by atoms with Crippen molar-refractivity contribution < 1.29 is 19.1 Å². The summed E-state index contributed by atoms with van der Waals surface area (Å²) < 4.78 is 10.9. The first-order valence-electron chi connectivity index (χ1n) is 7.45. The Morgan fingerprint density at radius 2 is 1.95 bits per heavy atom. The van der Waals surface area contributed by atoms with Crippen molar-refractivity contribution in [3.05, 3.63) is 35.9 Å². The minimum absolute atomic E-state index is 0.0336. The van der Waals surface area contributed by atoms with Crippen molar-refractivity contribution in [2.45, 2.75) is 45.1 Å². The zero-order chi connectivity index (χ0) is 16.2. The van der Waals surface area contributed by atoms with E-state index >= 15 is 0 Å². The van der Waals surface area contributed by atoms with Gasteiger partial charge in [-0.05, 0) is 26.3 Å². The smallest absolute Gasteiger partial charge is 0.320 e. The molecule has 1 fully saturated rings. The molecule has 1 unspecified atom stereocenters. The maximum atomic E-state index is 11.8. The normalized spacial score (nSPS) is 23.9. The van der Waals surface area contributed by atoms with E-state index in [0.717, 1.165) is 11.8 Å². The summed E-state index contributed by atoms with van der Waals surface area (Å²) in [5, 5.41) is 0. The van der Waals surface area contributed by atoms with Gasteiger partial charge in [0, 0.05) is 0 Å². The van der Waals surface area contributed by atoms with E-state index in [-0.39, 0.29) is 24.6 Å². The molecule has 0 bridgehead atoms. The van der Waals surface area contributed by atoms with Crippen molar-refractivity contribution in [3.63, 3.8) is 0 Å². The van der Waals surface area contributed by atoms with E-state index in [4.69, 9.17) is 9.47 Å². The third kappa shape index (κ3) is 4.93. The molecule has 2 rings (SSSR count). The molecule has 0 amide bonds. The summed E-state index contributed by atoms with van der Waals surface area (Å²) in [5.74, 6) is -0.315. The van der Waals surface area contributed by atoms with Crippen LogP contribution in [0.3, 0.4) is 0 Å². The van der Waals surface area contributed by atoms with Gasteiger partial charge in [0.1, 0.15) is 11.9 Å². The van der Waals surface area contributed by atoms with Crippen LogP contribution in [0.4, 0.5) is 0 Å². The Morgan fingerprint density at radius 3 is 2.55 bits per heavy atom. The number of ether oxygens (including phenoxy) is 2. The Kier molecular flexibility index (Phi) is 5.32. The van der Waals surface area contributed by atoms with Crippen LogP contribution in [0.2, 0.25) is 0 Å². The van der Waals surface area contributed by atoms with Gasteiger partial charge in [-0.2, -0.15) is 0 Å². The molecule has 1 aromatic carbocycles. The fraction of sp³-hybridized carbons (Fsp3) is 0.529. The van der Waals surface area contributed by atoms with Crippen LogP contribution in [0.5, 0.6) is 0 Å². The third-order valence-corrected chi connectivity index (χ3v) is 3.38. The molecular formula is C17H23NO4. The number of rotatable bonds is 7. The van der Waals surface area contributed by atoms with Gasteiger partial charge in [0.05, 0.1) is 31.8 Å². The Hall–Kier alpha value is -1.72. The number of carbonyl (C=O) groups is 2. The minimum Gasteiger partial charge on any atom is -0.459 e. The highest BCUT2D eigenvalue weighted by Crippen LogP contribution is 2.27. The van der Waals surface area contributed by atoms with Crippen molar-refractivity contribution in [1.82, 2.24) is 4.90 Å². The largest absolute Gasteiger partial charge is 0.459 e. The van der Waals surface area contributed by atoms with Crippen LogP contribution in [0.1, 0.15) is 26.3 Å². The molecule has 1 aromatic rings. The second-order valence-corrected chi connectivity index (χ2v) is 6.45. The quantitative estimate of drug-likeness (QED) is 0.437. The number of benzene rings is 1. The number of esters is 1. The monoisotopic (exact) mass is 305 g/mol. The van der Waals surface area contributed by atoms with Crippen molar-refractivity contribution in [1.29, 1.82) is 0 Å². The Labute approximate surface area is 131 Å². The number of aldehydes is 1. The maximum Gasteiger partial charge on any atom is 0.320 e. The van der Waals surface area contributed by atoms with Gasteiger partial charge in [-0.15, -0.1) is 0 Å². The standard InChI is InChI=1S/C17H23NO4/c1-17(2,3)22-16(20)9-18-14(10-19)15(18)12-21-11-13-7-5-4-6-8-13/h4-8,10,14-15H,9,11-12H2,1-3H3/t14-,15+,18?/m0/s1. The summed E-state index contributed by atoms with van der Waals surface area (Å²) in [6.45, 7) is 6.53. The Balaban J connectivity index is 1.75. The number of hydrogen-bond acceptors (Lipinski definition) is 5. The highest BCUT2D eigenvalue weighted by atomic mass is 16.6. The lowest BCUT2D eigenvalue weighted by atomic mass is 10.2. The Morgan fingerprint density at radius 1 is 1.27 bits per heavy atom. The van der Waals surface area contributed by atoms with Crippen molar-refractivity contribution >= 4 is 12.3 Å². The van der Waals surface area contributed by atoms with Crippen LogP contribution in [0.15, 0.2) is 30.3 Å². The first-order valence-corrected chi connectivity index (χ1v) is 7.45. The lowest BCUT2D eigenvalue weighted by Crippen LogP contribution is -2.29. The van der Waals surface area contributed by atoms with E-state index in [1.807, 2.05) is 51.1 Å².